The first kappa shape index (κ1) is 19.2. The molecule has 2 aromatic carbocycles. The molecule has 0 unspecified atom stereocenters. The largest absolute Gasteiger partial charge is 0.342 e. The molecular weight excluding hydrogens is 433 g/mol. The highest BCUT2D eigenvalue weighted by molar-refractivity contribution is 9.10. The molecule has 27 heavy (non-hydrogen) atoms. The van der Waals surface area contributed by atoms with Crippen molar-refractivity contribution in [3.63, 3.8) is 0 Å². The van der Waals surface area contributed by atoms with Crippen LogP contribution in [0.1, 0.15) is 16.1 Å². The summed E-state index contributed by atoms with van der Waals surface area (Å²) in [6.07, 6.45) is 0. The lowest BCUT2D eigenvalue weighted by molar-refractivity contribution is -0.115. The highest BCUT2D eigenvalue weighted by atomic mass is 79.9. The summed E-state index contributed by atoms with van der Waals surface area (Å²) in [4.78, 5) is 28.5. The van der Waals surface area contributed by atoms with Crippen molar-refractivity contribution in [2.75, 3.05) is 11.9 Å². The zero-order chi connectivity index (χ0) is 19.4. The lowest BCUT2D eigenvalue weighted by Crippen LogP contribution is -2.33. The van der Waals surface area contributed by atoms with Crippen LogP contribution in [0.2, 0.25) is 0 Å². The van der Waals surface area contributed by atoms with Crippen molar-refractivity contribution in [2.45, 2.75) is 6.92 Å². The summed E-state index contributed by atoms with van der Waals surface area (Å²) in [5.74, 6) is -1.11. The molecule has 0 atom stereocenters. The highest BCUT2D eigenvalue weighted by Gasteiger charge is 2.13. The van der Waals surface area contributed by atoms with Gasteiger partial charge in [0.15, 0.2) is 0 Å². The Morgan fingerprint density at radius 1 is 1.19 bits per heavy atom. The Balaban J connectivity index is 1.57. The predicted molar refractivity (Wildman–Crippen MR) is 107 cm³/mol. The van der Waals surface area contributed by atoms with Crippen LogP contribution in [-0.2, 0) is 4.79 Å². The molecule has 0 aliphatic heterocycles. The molecule has 0 bridgehead atoms. The van der Waals surface area contributed by atoms with Crippen LogP contribution in [0.3, 0.4) is 0 Å². The van der Waals surface area contributed by atoms with Crippen molar-refractivity contribution < 1.29 is 14.0 Å². The Hall–Kier alpha value is -2.58. The zero-order valence-corrected chi connectivity index (χ0v) is 16.7. The summed E-state index contributed by atoms with van der Waals surface area (Å²) in [5, 5.41) is 7.51. The first-order valence-electron chi connectivity index (χ1n) is 7.98. The van der Waals surface area contributed by atoms with Gasteiger partial charge in [-0.15, -0.1) is 11.3 Å². The predicted octanol–water partition coefficient (Wildman–Crippen LogP) is 4.39. The standard InChI is InChI=1S/C19H15BrFN3O2S/c1-11-8-13(20)4-7-15(11)23-17(25)9-22-18(26)16-10-27-19(24-16)12-2-5-14(21)6-3-12/h2-8,10H,9H2,1H3,(H,22,26)(H,23,25). The van der Waals surface area contributed by atoms with Gasteiger partial charge in [0, 0.05) is 21.1 Å². The lowest BCUT2D eigenvalue weighted by atomic mass is 10.2. The molecule has 0 fully saturated rings. The maximum Gasteiger partial charge on any atom is 0.271 e. The summed E-state index contributed by atoms with van der Waals surface area (Å²) in [5.41, 5.74) is 2.54. The van der Waals surface area contributed by atoms with E-state index in [-0.39, 0.29) is 24.0 Å². The summed E-state index contributed by atoms with van der Waals surface area (Å²) >= 11 is 4.64. The maximum atomic E-state index is 13.0. The molecule has 5 nitrogen and oxygen atoms in total. The van der Waals surface area contributed by atoms with Crippen LogP contribution >= 0.6 is 27.3 Å². The number of halogens is 2. The Kier molecular flexibility index (Phi) is 5.98. The van der Waals surface area contributed by atoms with Crippen molar-refractivity contribution in [2.24, 2.45) is 0 Å². The second kappa shape index (κ2) is 8.41. The first-order valence-corrected chi connectivity index (χ1v) is 9.65. The molecule has 0 spiro atoms. The molecule has 0 radical (unpaired) electrons. The fraction of sp³-hybridized carbons (Fsp3) is 0.105. The number of hydrogen-bond donors (Lipinski definition) is 2. The van der Waals surface area contributed by atoms with Gasteiger partial charge < -0.3 is 10.6 Å². The SMILES string of the molecule is Cc1cc(Br)ccc1NC(=O)CNC(=O)c1csc(-c2ccc(F)cc2)n1. The number of amides is 2. The van der Waals surface area contributed by atoms with Crippen LogP contribution < -0.4 is 10.6 Å². The number of thiazole rings is 1. The van der Waals surface area contributed by atoms with E-state index in [4.69, 9.17) is 0 Å². The molecule has 2 amide bonds. The number of aromatic nitrogens is 1. The Bertz CT molecular complexity index is 989. The second-order valence-electron chi connectivity index (χ2n) is 5.73. The van der Waals surface area contributed by atoms with Gasteiger partial charge in [0.2, 0.25) is 5.91 Å². The lowest BCUT2D eigenvalue weighted by Gasteiger charge is -2.09. The van der Waals surface area contributed by atoms with Crippen LogP contribution in [0, 0.1) is 12.7 Å². The molecule has 0 aliphatic rings. The maximum absolute atomic E-state index is 13.0. The number of nitrogens with one attached hydrogen (secondary N) is 2. The highest BCUT2D eigenvalue weighted by Crippen LogP contribution is 2.24. The van der Waals surface area contributed by atoms with E-state index in [1.54, 1.807) is 23.6 Å². The topological polar surface area (TPSA) is 71.1 Å². The fourth-order valence-electron chi connectivity index (χ4n) is 2.32. The smallest absolute Gasteiger partial charge is 0.271 e. The molecule has 1 aromatic heterocycles. The molecule has 0 saturated carbocycles. The molecule has 2 N–H and O–H groups in total. The molecular formula is C19H15BrFN3O2S. The number of aryl methyl sites for hydroxylation is 1. The minimum atomic E-state index is -0.442. The average Bonchev–Trinajstić information content (AvgIpc) is 3.13. The van der Waals surface area contributed by atoms with E-state index in [0.29, 0.717) is 10.7 Å². The third-order valence-corrected chi connectivity index (χ3v) is 5.08. The van der Waals surface area contributed by atoms with Crippen LogP contribution in [0.4, 0.5) is 10.1 Å². The summed E-state index contributed by atoms with van der Waals surface area (Å²) in [6, 6.07) is 11.4. The monoisotopic (exact) mass is 447 g/mol. The Labute approximate surface area is 167 Å². The molecule has 0 aliphatic carbocycles. The molecule has 1 heterocycles. The Morgan fingerprint density at radius 3 is 2.63 bits per heavy atom. The van der Waals surface area contributed by atoms with Gasteiger partial charge in [-0.25, -0.2) is 9.37 Å². The number of carbonyl (C=O) groups is 2. The van der Waals surface area contributed by atoms with E-state index < -0.39 is 5.91 Å². The number of rotatable bonds is 5. The number of benzene rings is 2. The molecule has 3 rings (SSSR count). The molecule has 138 valence electrons. The zero-order valence-electron chi connectivity index (χ0n) is 14.3. The van der Waals surface area contributed by atoms with Crippen LogP contribution in [-0.4, -0.2) is 23.3 Å². The summed E-state index contributed by atoms with van der Waals surface area (Å²) in [6.45, 7) is 1.71. The van der Waals surface area contributed by atoms with E-state index in [9.17, 15) is 14.0 Å². The van der Waals surface area contributed by atoms with Gasteiger partial charge in [0.1, 0.15) is 16.5 Å². The van der Waals surface area contributed by atoms with Gasteiger partial charge in [-0.2, -0.15) is 0 Å². The minimum absolute atomic E-state index is 0.169. The molecule has 0 saturated heterocycles. The van der Waals surface area contributed by atoms with Crippen LogP contribution in [0.5, 0.6) is 0 Å². The number of nitrogens with zero attached hydrogens (tertiary/aromatic N) is 1. The quantitative estimate of drug-likeness (QED) is 0.609. The van der Waals surface area contributed by atoms with E-state index in [0.717, 1.165) is 15.6 Å². The normalized spacial score (nSPS) is 10.5. The van der Waals surface area contributed by atoms with Crippen LogP contribution in [0.15, 0.2) is 52.3 Å². The third kappa shape index (κ3) is 4.99. The van der Waals surface area contributed by atoms with E-state index in [2.05, 4.69) is 31.5 Å². The second-order valence-corrected chi connectivity index (χ2v) is 7.51. The molecule has 8 heteroatoms. The van der Waals surface area contributed by atoms with E-state index in [1.165, 1.54) is 23.5 Å². The van der Waals surface area contributed by atoms with E-state index >= 15 is 0 Å². The van der Waals surface area contributed by atoms with Gasteiger partial charge in [-0.1, -0.05) is 15.9 Å². The Morgan fingerprint density at radius 2 is 1.93 bits per heavy atom. The number of carbonyl (C=O) groups excluding carboxylic acids is 2. The van der Waals surface area contributed by atoms with Crippen molar-refractivity contribution >= 4 is 44.8 Å². The average molecular weight is 448 g/mol. The van der Waals surface area contributed by atoms with Gasteiger partial charge in [0.05, 0.1) is 6.54 Å². The number of hydrogen-bond acceptors (Lipinski definition) is 4. The van der Waals surface area contributed by atoms with Gasteiger partial charge in [0.25, 0.3) is 5.91 Å². The first-order chi connectivity index (χ1) is 12.9. The van der Waals surface area contributed by atoms with Crippen molar-refractivity contribution in [3.05, 3.63) is 69.4 Å². The number of anilines is 1. The van der Waals surface area contributed by atoms with Crippen molar-refractivity contribution in [1.82, 2.24) is 10.3 Å². The summed E-state index contributed by atoms with van der Waals surface area (Å²) < 4.78 is 13.9. The van der Waals surface area contributed by atoms with Crippen molar-refractivity contribution in [3.8, 4) is 10.6 Å². The fourth-order valence-corrected chi connectivity index (χ4v) is 3.60. The van der Waals surface area contributed by atoms with Gasteiger partial charge in [-0.3, -0.25) is 9.59 Å². The van der Waals surface area contributed by atoms with Gasteiger partial charge in [-0.05, 0) is 55.0 Å². The van der Waals surface area contributed by atoms with Gasteiger partial charge >= 0.3 is 0 Å². The van der Waals surface area contributed by atoms with Crippen molar-refractivity contribution in [1.29, 1.82) is 0 Å². The third-order valence-electron chi connectivity index (χ3n) is 3.70. The molecule has 3 aromatic rings. The minimum Gasteiger partial charge on any atom is -0.342 e. The van der Waals surface area contributed by atoms with E-state index in [1.807, 2.05) is 19.1 Å². The van der Waals surface area contributed by atoms with Crippen LogP contribution in [0.25, 0.3) is 10.6 Å². The summed E-state index contributed by atoms with van der Waals surface area (Å²) in [7, 11) is 0.